The van der Waals surface area contributed by atoms with E-state index in [1.807, 2.05) is 24.3 Å². The van der Waals surface area contributed by atoms with Crippen molar-refractivity contribution in [1.29, 1.82) is 0 Å². The Morgan fingerprint density at radius 1 is 0.966 bits per heavy atom. The minimum absolute atomic E-state index is 0.0417. The molecule has 2 N–H and O–H groups in total. The Labute approximate surface area is 170 Å². The smallest absolute Gasteiger partial charge is 0.240 e. The molecule has 0 bridgehead atoms. The van der Waals surface area contributed by atoms with Gasteiger partial charge in [-0.1, -0.05) is 12.1 Å². The number of sulfonamides is 1. The van der Waals surface area contributed by atoms with Gasteiger partial charge in [-0.25, -0.2) is 13.1 Å². The first-order valence-electron chi connectivity index (χ1n) is 9.50. The number of anilines is 1. The largest absolute Gasteiger partial charge is 0.326 e. The maximum absolute atomic E-state index is 12.7. The predicted molar refractivity (Wildman–Crippen MR) is 113 cm³/mol. The van der Waals surface area contributed by atoms with Crippen LogP contribution in [0.2, 0.25) is 0 Å². The fourth-order valence-electron chi connectivity index (χ4n) is 3.63. The van der Waals surface area contributed by atoms with Gasteiger partial charge in [0.15, 0.2) is 0 Å². The molecule has 0 saturated carbocycles. The summed E-state index contributed by atoms with van der Waals surface area (Å²) in [6.07, 6.45) is 0.917. The summed E-state index contributed by atoms with van der Waals surface area (Å²) in [6, 6.07) is 16.8. The number of rotatable bonds is 5. The zero-order valence-corrected chi connectivity index (χ0v) is 17.2. The molecule has 7 heteroatoms. The van der Waals surface area contributed by atoms with Gasteiger partial charge in [0.1, 0.15) is 0 Å². The van der Waals surface area contributed by atoms with Crippen LogP contribution in [-0.4, -0.2) is 18.9 Å². The summed E-state index contributed by atoms with van der Waals surface area (Å²) in [7, 11) is -3.64. The van der Waals surface area contributed by atoms with E-state index in [2.05, 4.69) is 40.6 Å². The van der Waals surface area contributed by atoms with Gasteiger partial charge in [-0.3, -0.25) is 4.79 Å². The Kier molecular flexibility index (Phi) is 5.02. The van der Waals surface area contributed by atoms with Crippen LogP contribution in [0.15, 0.2) is 59.5 Å². The number of nitrogens with zero attached hydrogens (tertiary/aromatic N) is 1. The SMILES string of the molecule is Cc1ccc(C)n1-c1ccc(CNS(=O)(=O)c2ccc3c(c2)CCC(=O)N3)cc1. The molecule has 2 aromatic carbocycles. The molecule has 6 nitrogen and oxygen atoms in total. The van der Waals surface area contributed by atoms with E-state index >= 15 is 0 Å². The second kappa shape index (κ2) is 7.50. The van der Waals surface area contributed by atoms with Crippen molar-refractivity contribution in [2.24, 2.45) is 0 Å². The van der Waals surface area contributed by atoms with Gasteiger partial charge in [0.25, 0.3) is 0 Å². The standard InChI is InChI=1S/C22H23N3O3S/c1-15-3-4-16(2)25(15)19-8-5-17(6-9-19)14-23-29(27,28)20-10-11-21-18(13-20)7-12-22(26)24-21/h3-6,8-11,13,23H,7,12,14H2,1-2H3,(H,24,26). The van der Waals surface area contributed by atoms with Crippen molar-refractivity contribution in [3.8, 4) is 5.69 Å². The summed E-state index contributed by atoms with van der Waals surface area (Å²) in [5.41, 5.74) is 5.76. The van der Waals surface area contributed by atoms with Crippen LogP contribution in [0.4, 0.5) is 5.69 Å². The molecule has 150 valence electrons. The van der Waals surface area contributed by atoms with Crippen LogP contribution < -0.4 is 10.0 Å². The molecular weight excluding hydrogens is 386 g/mol. The number of carbonyl (C=O) groups is 1. The lowest BCUT2D eigenvalue weighted by molar-refractivity contribution is -0.116. The third-order valence-electron chi connectivity index (χ3n) is 5.21. The molecule has 1 aliphatic heterocycles. The maximum Gasteiger partial charge on any atom is 0.240 e. The van der Waals surface area contributed by atoms with Crippen LogP contribution in [0.3, 0.4) is 0 Å². The van der Waals surface area contributed by atoms with Gasteiger partial charge in [0, 0.05) is 35.7 Å². The Morgan fingerprint density at radius 2 is 1.66 bits per heavy atom. The highest BCUT2D eigenvalue weighted by Crippen LogP contribution is 2.25. The number of aromatic nitrogens is 1. The molecule has 0 atom stereocenters. The first kappa shape index (κ1) is 19.4. The highest BCUT2D eigenvalue weighted by atomic mass is 32.2. The lowest BCUT2D eigenvalue weighted by Crippen LogP contribution is -2.24. The van der Waals surface area contributed by atoms with Crippen LogP contribution in [0.5, 0.6) is 0 Å². The number of hydrogen-bond acceptors (Lipinski definition) is 3. The highest BCUT2D eigenvalue weighted by molar-refractivity contribution is 7.89. The summed E-state index contributed by atoms with van der Waals surface area (Å²) in [5.74, 6) is -0.0417. The molecule has 0 saturated heterocycles. The van der Waals surface area contributed by atoms with Gasteiger partial charge < -0.3 is 9.88 Å². The number of fused-ring (bicyclic) bond motifs is 1. The highest BCUT2D eigenvalue weighted by Gasteiger charge is 2.19. The first-order chi connectivity index (χ1) is 13.8. The Morgan fingerprint density at radius 3 is 2.34 bits per heavy atom. The average Bonchev–Trinajstić information content (AvgIpc) is 3.04. The van der Waals surface area contributed by atoms with Gasteiger partial charge in [0.05, 0.1) is 4.90 Å². The van der Waals surface area contributed by atoms with E-state index in [1.54, 1.807) is 12.1 Å². The summed E-state index contributed by atoms with van der Waals surface area (Å²) < 4.78 is 30.2. The molecular formula is C22H23N3O3S. The van der Waals surface area contributed by atoms with Gasteiger partial charge in [-0.05, 0) is 73.9 Å². The summed E-state index contributed by atoms with van der Waals surface area (Å²) in [5, 5.41) is 2.76. The molecule has 0 fully saturated rings. The van der Waals surface area contributed by atoms with Crippen molar-refractivity contribution in [1.82, 2.24) is 9.29 Å². The molecule has 0 radical (unpaired) electrons. The third kappa shape index (κ3) is 3.97. The maximum atomic E-state index is 12.7. The van der Waals surface area contributed by atoms with Crippen LogP contribution in [-0.2, 0) is 27.8 Å². The van der Waals surface area contributed by atoms with Gasteiger partial charge in [-0.15, -0.1) is 0 Å². The van der Waals surface area contributed by atoms with Crippen molar-refractivity contribution in [2.45, 2.75) is 38.1 Å². The van der Waals surface area contributed by atoms with Crippen LogP contribution in [0.25, 0.3) is 5.69 Å². The Bertz CT molecular complexity index is 1160. The van der Waals surface area contributed by atoms with Gasteiger partial charge in [-0.2, -0.15) is 0 Å². The van der Waals surface area contributed by atoms with Crippen LogP contribution in [0.1, 0.15) is 28.9 Å². The van der Waals surface area contributed by atoms with Gasteiger partial charge in [0.2, 0.25) is 15.9 Å². The normalized spacial score (nSPS) is 13.8. The number of nitrogens with one attached hydrogen (secondary N) is 2. The number of benzene rings is 2. The van der Waals surface area contributed by atoms with E-state index in [4.69, 9.17) is 0 Å². The van der Waals surface area contributed by atoms with E-state index in [0.717, 1.165) is 28.2 Å². The predicted octanol–water partition coefficient (Wildman–Crippen LogP) is 3.46. The fraction of sp³-hybridized carbons (Fsp3) is 0.227. The van der Waals surface area contributed by atoms with Crippen molar-refractivity contribution >= 4 is 21.6 Å². The quantitative estimate of drug-likeness (QED) is 0.677. The number of hydrogen-bond donors (Lipinski definition) is 2. The number of aryl methyl sites for hydroxylation is 3. The third-order valence-corrected chi connectivity index (χ3v) is 6.61. The van der Waals surface area contributed by atoms with E-state index < -0.39 is 10.0 Å². The lowest BCUT2D eigenvalue weighted by atomic mass is 10.0. The van der Waals surface area contributed by atoms with Crippen molar-refractivity contribution in [2.75, 3.05) is 5.32 Å². The molecule has 2 heterocycles. The zero-order chi connectivity index (χ0) is 20.6. The molecule has 0 aliphatic carbocycles. The number of carbonyl (C=O) groups excluding carboxylic acids is 1. The Hall–Kier alpha value is -2.90. The van der Waals surface area contributed by atoms with Crippen LogP contribution >= 0.6 is 0 Å². The van der Waals surface area contributed by atoms with E-state index in [1.165, 1.54) is 6.07 Å². The average molecular weight is 410 g/mol. The van der Waals surface area contributed by atoms with Crippen LogP contribution in [0, 0.1) is 13.8 Å². The molecule has 0 unspecified atom stereocenters. The zero-order valence-electron chi connectivity index (χ0n) is 16.4. The topological polar surface area (TPSA) is 80.2 Å². The van der Waals surface area contributed by atoms with Crippen molar-refractivity contribution in [3.05, 3.63) is 77.1 Å². The molecule has 4 rings (SSSR count). The Balaban J connectivity index is 1.48. The monoisotopic (exact) mass is 409 g/mol. The molecule has 1 aliphatic rings. The molecule has 1 amide bonds. The molecule has 1 aromatic heterocycles. The summed E-state index contributed by atoms with van der Waals surface area (Å²) in [4.78, 5) is 11.7. The fourth-order valence-corrected chi connectivity index (χ4v) is 4.70. The first-order valence-corrected chi connectivity index (χ1v) is 11.0. The molecule has 3 aromatic rings. The number of amides is 1. The summed E-state index contributed by atoms with van der Waals surface area (Å²) in [6.45, 7) is 4.32. The van der Waals surface area contributed by atoms with E-state index in [0.29, 0.717) is 18.5 Å². The molecule has 29 heavy (non-hydrogen) atoms. The molecule has 0 spiro atoms. The summed E-state index contributed by atoms with van der Waals surface area (Å²) >= 11 is 0. The lowest BCUT2D eigenvalue weighted by Gasteiger charge is -2.17. The van der Waals surface area contributed by atoms with Gasteiger partial charge >= 0.3 is 0 Å². The second-order valence-electron chi connectivity index (χ2n) is 7.31. The van der Waals surface area contributed by atoms with Crippen molar-refractivity contribution < 1.29 is 13.2 Å². The van der Waals surface area contributed by atoms with E-state index in [-0.39, 0.29) is 17.3 Å². The minimum Gasteiger partial charge on any atom is -0.326 e. The van der Waals surface area contributed by atoms with Crippen molar-refractivity contribution in [3.63, 3.8) is 0 Å². The van der Waals surface area contributed by atoms with E-state index in [9.17, 15) is 13.2 Å². The second-order valence-corrected chi connectivity index (χ2v) is 9.08. The minimum atomic E-state index is -3.64.